The maximum atomic E-state index is 9.47. The first kappa shape index (κ1) is 8.41. The van der Waals surface area contributed by atoms with Crippen molar-refractivity contribution >= 4 is 5.82 Å². The third kappa shape index (κ3) is 1.36. The van der Waals surface area contributed by atoms with Crippen LogP contribution in [0.4, 0.5) is 5.82 Å². The van der Waals surface area contributed by atoms with E-state index in [1.54, 1.807) is 0 Å². The van der Waals surface area contributed by atoms with Gasteiger partial charge < -0.3 is 10.5 Å². The van der Waals surface area contributed by atoms with E-state index in [0.717, 1.165) is 42.2 Å². The highest BCUT2D eigenvalue weighted by Crippen LogP contribution is 2.26. The smallest absolute Gasteiger partial charge is 0.155 e. The van der Waals surface area contributed by atoms with Crippen LogP contribution in [-0.4, -0.2) is 21.7 Å². The van der Waals surface area contributed by atoms with Crippen LogP contribution in [0.5, 0.6) is 0 Å². The fourth-order valence-electron chi connectivity index (χ4n) is 1.89. The van der Waals surface area contributed by atoms with Gasteiger partial charge in [0.25, 0.3) is 0 Å². The van der Waals surface area contributed by atoms with Crippen LogP contribution in [0.2, 0.25) is 0 Å². The summed E-state index contributed by atoms with van der Waals surface area (Å²) < 4.78 is 0. The minimum Gasteiger partial charge on any atom is -0.411 e. The lowest BCUT2D eigenvalue weighted by Crippen LogP contribution is -2.06. The Morgan fingerprint density at radius 1 is 1.46 bits per heavy atom. The largest absolute Gasteiger partial charge is 0.411 e. The number of nitrogens with zero attached hydrogens (tertiary/aromatic N) is 2. The van der Waals surface area contributed by atoms with Crippen molar-refractivity contribution in [3.63, 3.8) is 0 Å². The minimum atomic E-state index is 0.851. The molecule has 0 aliphatic heterocycles. The zero-order valence-corrected chi connectivity index (χ0v) is 7.88. The summed E-state index contributed by atoms with van der Waals surface area (Å²) in [5.41, 5.74) is 2.19. The number of fused-ring (bicyclic) bond motifs is 1. The van der Waals surface area contributed by atoms with Crippen LogP contribution in [0.3, 0.4) is 0 Å². The quantitative estimate of drug-likeness (QED) is 0.678. The van der Waals surface area contributed by atoms with Crippen molar-refractivity contribution in [3.8, 4) is 0 Å². The molecule has 2 rings (SSSR count). The number of aromatic nitrogens is 2. The molecule has 1 aliphatic rings. The molecule has 72 valence electrons. The molecule has 1 aromatic heterocycles. The van der Waals surface area contributed by atoms with Gasteiger partial charge in [0, 0.05) is 12.1 Å². The molecule has 0 saturated carbocycles. The van der Waals surface area contributed by atoms with Crippen LogP contribution in [0.25, 0.3) is 0 Å². The topological polar surface area (TPSA) is 50.1 Å². The summed E-state index contributed by atoms with van der Waals surface area (Å²) in [5, 5.41) is 16.7. The van der Waals surface area contributed by atoms with Gasteiger partial charge in [-0.15, -0.1) is 9.94 Å². The van der Waals surface area contributed by atoms with Crippen molar-refractivity contribution in [2.24, 2.45) is 0 Å². The molecular formula is C9H15N3O. The molecule has 0 bridgehead atoms. The number of anilines is 1. The van der Waals surface area contributed by atoms with Crippen molar-refractivity contribution < 1.29 is 5.21 Å². The molecule has 0 spiro atoms. The Hall–Kier alpha value is -1.19. The van der Waals surface area contributed by atoms with E-state index < -0.39 is 0 Å². The Balaban J connectivity index is 2.36. The predicted octanol–water partition coefficient (Wildman–Crippen LogP) is 1.43. The predicted molar refractivity (Wildman–Crippen MR) is 50.2 cm³/mol. The maximum Gasteiger partial charge on any atom is 0.155 e. The highest BCUT2D eigenvalue weighted by Gasteiger charge is 2.19. The molecule has 4 heteroatoms. The molecule has 0 saturated heterocycles. The molecule has 1 aromatic rings. The molecule has 0 radical (unpaired) electrons. The summed E-state index contributed by atoms with van der Waals surface area (Å²) in [5.74, 6) is 0.861. The number of hydrogen-bond acceptors (Lipinski definition) is 3. The Kier molecular flexibility index (Phi) is 2.12. The van der Waals surface area contributed by atoms with E-state index in [-0.39, 0.29) is 0 Å². The van der Waals surface area contributed by atoms with Crippen LogP contribution >= 0.6 is 0 Å². The Morgan fingerprint density at radius 3 is 3.00 bits per heavy atom. The molecule has 0 unspecified atom stereocenters. The highest BCUT2D eigenvalue weighted by atomic mass is 16.5. The van der Waals surface area contributed by atoms with E-state index >= 15 is 0 Å². The highest BCUT2D eigenvalue weighted by molar-refractivity contribution is 5.47. The lowest BCUT2D eigenvalue weighted by Gasteiger charge is -2.11. The van der Waals surface area contributed by atoms with E-state index in [2.05, 4.69) is 10.4 Å². The van der Waals surface area contributed by atoms with Gasteiger partial charge in [-0.05, 0) is 32.6 Å². The van der Waals surface area contributed by atoms with E-state index in [4.69, 9.17) is 0 Å². The maximum absolute atomic E-state index is 9.47. The summed E-state index contributed by atoms with van der Waals surface area (Å²) in [4.78, 5) is 1.03. The molecular weight excluding hydrogens is 166 g/mol. The molecule has 13 heavy (non-hydrogen) atoms. The normalized spacial score (nSPS) is 15.5. The van der Waals surface area contributed by atoms with Crippen LogP contribution in [0.15, 0.2) is 0 Å². The first-order valence-corrected chi connectivity index (χ1v) is 4.86. The van der Waals surface area contributed by atoms with Gasteiger partial charge in [0.15, 0.2) is 5.82 Å². The van der Waals surface area contributed by atoms with Gasteiger partial charge >= 0.3 is 0 Å². The lowest BCUT2D eigenvalue weighted by molar-refractivity contribution is 0.139. The van der Waals surface area contributed by atoms with E-state index in [0.29, 0.717) is 0 Å². The Bertz CT molecular complexity index is 306. The van der Waals surface area contributed by atoms with Crippen molar-refractivity contribution in [1.82, 2.24) is 9.94 Å². The minimum absolute atomic E-state index is 0.851. The standard InChI is InChI=1S/C9H15N3O/c1-2-10-9-7-5-3-4-6-8(7)12(13)11-9/h13H,2-6H2,1H3,(H,10,11). The van der Waals surface area contributed by atoms with Gasteiger partial charge in [0.2, 0.25) is 0 Å². The fourth-order valence-corrected chi connectivity index (χ4v) is 1.89. The number of nitrogens with one attached hydrogen (secondary N) is 1. The average molecular weight is 181 g/mol. The van der Waals surface area contributed by atoms with Gasteiger partial charge in [-0.25, -0.2) is 0 Å². The molecule has 1 heterocycles. The molecule has 2 N–H and O–H groups in total. The number of rotatable bonds is 2. The first-order valence-electron chi connectivity index (χ1n) is 4.86. The molecule has 1 aliphatic carbocycles. The van der Waals surface area contributed by atoms with Crippen LogP contribution < -0.4 is 5.32 Å². The molecule has 0 aromatic carbocycles. The summed E-state index contributed by atoms with van der Waals surface area (Å²) >= 11 is 0. The van der Waals surface area contributed by atoms with Gasteiger partial charge in [0.1, 0.15) is 0 Å². The second-order valence-corrected chi connectivity index (χ2v) is 3.40. The SMILES string of the molecule is CCNc1nn(O)c2c1CCCC2. The van der Waals surface area contributed by atoms with E-state index in [9.17, 15) is 5.21 Å². The van der Waals surface area contributed by atoms with Gasteiger partial charge in [-0.3, -0.25) is 0 Å². The third-order valence-corrected chi connectivity index (χ3v) is 2.50. The van der Waals surface area contributed by atoms with Gasteiger partial charge in [-0.1, -0.05) is 0 Å². The summed E-state index contributed by atoms with van der Waals surface area (Å²) in [6, 6.07) is 0. The van der Waals surface area contributed by atoms with Crippen LogP contribution in [-0.2, 0) is 12.8 Å². The monoisotopic (exact) mass is 181 g/mol. The van der Waals surface area contributed by atoms with Gasteiger partial charge in [0.05, 0.1) is 5.69 Å². The van der Waals surface area contributed by atoms with Crippen LogP contribution in [0.1, 0.15) is 31.0 Å². The van der Waals surface area contributed by atoms with Crippen LogP contribution in [0, 0.1) is 0 Å². The summed E-state index contributed by atoms with van der Waals surface area (Å²) in [7, 11) is 0. The molecule has 0 atom stereocenters. The number of hydrogen-bond donors (Lipinski definition) is 2. The molecule has 4 nitrogen and oxygen atoms in total. The van der Waals surface area contributed by atoms with Crippen molar-refractivity contribution in [3.05, 3.63) is 11.3 Å². The first-order chi connectivity index (χ1) is 6.33. The van der Waals surface area contributed by atoms with E-state index in [1.807, 2.05) is 6.92 Å². The Morgan fingerprint density at radius 2 is 2.23 bits per heavy atom. The zero-order valence-electron chi connectivity index (χ0n) is 7.88. The average Bonchev–Trinajstić information content (AvgIpc) is 2.46. The van der Waals surface area contributed by atoms with E-state index in [1.165, 1.54) is 12.0 Å². The third-order valence-electron chi connectivity index (χ3n) is 2.50. The second kappa shape index (κ2) is 3.28. The van der Waals surface area contributed by atoms with Crippen molar-refractivity contribution in [1.29, 1.82) is 0 Å². The second-order valence-electron chi connectivity index (χ2n) is 3.40. The summed E-state index contributed by atoms with van der Waals surface area (Å²) in [6.07, 6.45) is 4.35. The molecule has 0 amide bonds. The van der Waals surface area contributed by atoms with Gasteiger partial charge in [-0.2, -0.15) is 0 Å². The fraction of sp³-hybridized carbons (Fsp3) is 0.667. The van der Waals surface area contributed by atoms with Crippen molar-refractivity contribution in [2.75, 3.05) is 11.9 Å². The zero-order chi connectivity index (χ0) is 9.26. The summed E-state index contributed by atoms with van der Waals surface area (Å²) in [6.45, 7) is 2.88. The lowest BCUT2D eigenvalue weighted by atomic mass is 9.97. The molecule has 0 fully saturated rings. The Labute approximate surface area is 77.5 Å². The van der Waals surface area contributed by atoms with Crippen molar-refractivity contribution in [2.45, 2.75) is 32.6 Å².